The highest BCUT2D eigenvalue weighted by Crippen LogP contribution is 2.19. The van der Waals surface area contributed by atoms with E-state index in [1.165, 1.54) is 27.1 Å². The van der Waals surface area contributed by atoms with E-state index in [1.807, 2.05) is 0 Å². The van der Waals surface area contributed by atoms with Crippen molar-refractivity contribution in [1.82, 2.24) is 0 Å². The summed E-state index contributed by atoms with van der Waals surface area (Å²) in [5.41, 5.74) is 3.78. The fourth-order valence-corrected chi connectivity index (χ4v) is 2.66. The zero-order valence-electron chi connectivity index (χ0n) is 12.2. The SMILES string of the molecule is C/C=c1\ccccc1=C(c1ccccc1)c1ccccc1. The minimum absolute atomic E-state index is 1.25. The van der Waals surface area contributed by atoms with Gasteiger partial charge in [0, 0.05) is 0 Å². The van der Waals surface area contributed by atoms with Gasteiger partial charge in [-0.2, -0.15) is 0 Å². The molecule has 0 saturated carbocycles. The van der Waals surface area contributed by atoms with Crippen LogP contribution in [0.3, 0.4) is 0 Å². The quantitative estimate of drug-likeness (QED) is 0.665. The summed E-state index contributed by atoms with van der Waals surface area (Å²) >= 11 is 0. The van der Waals surface area contributed by atoms with Crippen LogP contribution in [-0.2, 0) is 0 Å². The van der Waals surface area contributed by atoms with Crippen LogP contribution >= 0.6 is 0 Å². The zero-order chi connectivity index (χ0) is 14.5. The molecule has 0 atom stereocenters. The van der Waals surface area contributed by atoms with Gasteiger partial charge in [-0.25, -0.2) is 0 Å². The molecule has 0 heterocycles. The predicted octanol–water partition coefficient (Wildman–Crippen LogP) is 3.73. The molecule has 0 nitrogen and oxygen atoms in total. The van der Waals surface area contributed by atoms with Crippen molar-refractivity contribution < 1.29 is 0 Å². The average molecular weight is 270 g/mol. The lowest BCUT2D eigenvalue weighted by Crippen LogP contribution is -2.27. The molecule has 3 rings (SSSR count). The summed E-state index contributed by atoms with van der Waals surface area (Å²) in [6.45, 7) is 2.09. The summed E-state index contributed by atoms with van der Waals surface area (Å²) in [7, 11) is 0. The van der Waals surface area contributed by atoms with E-state index < -0.39 is 0 Å². The van der Waals surface area contributed by atoms with Crippen LogP contribution in [0.4, 0.5) is 0 Å². The molecule has 0 saturated heterocycles. The standard InChI is InChI=1S/C21H18/c1-2-17-11-9-10-16-20(17)21(18-12-5-3-6-13-18)19-14-7-4-8-15-19/h2-16H,1H3/b17-2+. The van der Waals surface area contributed by atoms with Crippen molar-refractivity contribution >= 4 is 11.6 Å². The molecule has 102 valence electrons. The van der Waals surface area contributed by atoms with Crippen LogP contribution in [0.1, 0.15) is 18.1 Å². The molecule has 0 aliphatic heterocycles. The largest absolute Gasteiger partial charge is 0.0798 e. The van der Waals surface area contributed by atoms with Crippen molar-refractivity contribution in [1.29, 1.82) is 0 Å². The maximum atomic E-state index is 2.20. The number of hydrogen-bond donors (Lipinski definition) is 0. The third kappa shape index (κ3) is 2.80. The monoisotopic (exact) mass is 270 g/mol. The molecule has 3 aromatic carbocycles. The highest BCUT2D eigenvalue weighted by Gasteiger charge is 2.05. The smallest absolute Gasteiger partial charge is 0.00330 e. The lowest BCUT2D eigenvalue weighted by atomic mass is 9.95. The van der Waals surface area contributed by atoms with Gasteiger partial charge in [-0.1, -0.05) is 91.0 Å². The van der Waals surface area contributed by atoms with Crippen LogP contribution in [0.25, 0.3) is 11.6 Å². The van der Waals surface area contributed by atoms with E-state index in [9.17, 15) is 0 Å². The fraction of sp³-hybridized carbons (Fsp3) is 0.0476. The first kappa shape index (κ1) is 13.4. The van der Waals surface area contributed by atoms with E-state index in [2.05, 4.69) is 97.9 Å². The lowest BCUT2D eigenvalue weighted by molar-refractivity contribution is 1.44. The van der Waals surface area contributed by atoms with Gasteiger partial charge in [-0.3, -0.25) is 0 Å². The number of benzene rings is 3. The topological polar surface area (TPSA) is 0 Å². The molecule has 0 fully saturated rings. The van der Waals surface area contributed by atoms with Gasteiger partial charge in [0.1, 0.15) is 0 Å². The molecule has 0 spiro atoms. The fourth-order valence-electron chi connectivity index (χ4n) is 2.66. The highest BCUT2D eigenvalue weighted by molar-refractivity contribution is 5.79. The van der Waals surface area contributed by atoms with Gasteiger partial charge < -0.3 is 0 Å². The second-order valence-corrected chi connectivity index (χ2v) is 4.98. The van der Waals surface area contributed by atoms with Crippen LogP contribution < -0.4 is 10.4 Å². The van der Waals surface area contributed by atoms with E-state index in [-0.39, 0.29) is 0 Å². The Morgan fingerprint density at radius 3 is 1.62 bits per heavy atom. The molecule has 0 amide bonds. The highest BCUT2D eigenvalue weighted by atomic mass is 14.1. The van der Waals surface area contributed by atoms with E-state index in [4.69, 9.17) is 0 Å². The maximum Gasteiger partial charge on any atom is -0.00330 e. The molecule has 0 N–H and O–H groups in total. The first-order valence-electron chi connectivity index (χ1n) is 7.26. The van der Waals surface area contributed by atoms with Gasteiger partial charge in [0.25, 0.3) is 0 Å². The molecule has 0 aliphatic rings. The third-order valence-corrected chi connectivity index (χ3v) is 3.67. The molecule has 21 heavy (non-hydrogen) atoms. The van der Waals surface area contributed by atoms with E-state index in [0.29, 0.717) is 0 Å². The Hall–Kier alpha value is -2.60. The van der Waals surface area contributed by atoms with Crippen molar-refractivity contribution in [2.45, 2.75) is 6.92 Å². The van der Waals surface area contributed by atoms with Crippen molar-refractivity contribution in [2.75, 3.05) is 0 Å². The molecule has 0 radical (unpaired) electrons. The van der Waals surface area contributed by atoms with Gasteiger partial charge in [0.2, 0.25) is 0 Å². The minimum atomic E-state index is 1.25. The third-order valence-electron chi connectivity index (χ3n) is 3.67. The van der Waals surface area contributed by atoms with Crippen LogP contribution in [0.2, 0.25) is 0 Å². The van der Waals surface area contributed by atoms with Crippen molar-refractivity contribution in [3.05, 3.63) is 106 Å². The summed E-state index contributed by atoms with van der Waals surface area (Å²) < 4.78 is 0. The summed E-state index contributed by atoms with van der Waals surface area (Å²) in [6, 6.07) is 29.8. The molecule has 0 aliphatic carbocycles. The van der Waals surface area contributed by atoms with Gasteiger partial charge in [-0.05, 0) is 34.1 Å². The normalized spacial score (nSPS) is 11.4. The van der Waals surface area contributed by atoms with Crippen molar-refractivity contribution in [3.8, 4) is 0 Å². The first-order chi connectivity index (χ1) is 10.4. The van der Waals surface area contributed by atoms with Crippen molar-refractivity contribution in [2.24, 2.45) is 0 Å². The Bertz CT molecular complexity index is 786. The van der Waals surface area contributed by atoms with E-state index >= 15 is 0 Å². The number of hydrogen-bond acceptors (Lipinski definition) is 0. The Morgan fingerprint density at radius 2 is 1.10 bits per heavy atom. The van der Waals surface area contributed by atoms with E-state index in [0.717, 1.165) is 0 Å². The maximum absolute atomic E-state index is 2.20. The summed E-state index contributed by atoms with van der Waals surface area (Å²) in [5.74, 6) is 0. The second-order valence-electron chi connectivity index (χ2n) is 4.98. The zero-order valence-corrected chi connectivity index (χ0v) is 12.2. The van der Waals surface area contributed by atoms with Crippen LogP contribution in [0, 0.1) is 0 Å². The van der Waals surface area contributed by atoms with Gasteiger partial charge in [-0.15, -0.1) is 0 Å². The molecule has 0 heteroatoms. The van der Waals surface area contributed by atoms with Crippen LogP contribution in [0.5, 0.6) is 0 Å². The molecule has 0 aromatic heterocycles. The van der Waals surface area contributed by atoms with Crippen LogP contribution in [0.15, 0.2) is 84.9 Å². The number of rotatable bonds is 2. The van der Waals surface area contributed by atoms with Crippen LogP contribution in [-0.4, -0.2) is 0 Å². The minimum Gasteiger partial charge on any atom is -0.0798 e. The molecule has 3 aromatic rings. The van der Waals surface area contributed by atoms with Gasteiger partial charge >= 0.3 is 0 Å². The summed E-state index contributed by atoms with van der Waals surface area (Å²) in [5, 5.41) is 2.54. The average Bonchev–Trinajstić information content (AvgIpc) is 2.58. The Morgan fingerprint density at radius 1 is 0.619 bits per heavy atom. The molecule has 0 bridgehead atoms. The Labute approximate surface area is 125 Å². The van der Waals surface area contributed by atoms with Gasteiger partial charge in [0.05, 0.1) is 0 Å². The summed E-state index contributed by atoms with van der Waals surface area (Å²) in [6.07, 6.45) is 2.17. The molecular formula is C21H18. The first-order valence-corrected chi connectivity index (χ1v) is 7.26. The molecule has 0 unspecified atom stereocenters. The predicted molar refractivity (Wildman–Crippen MR) is 90.3 cm³/mol. The Kier molecular flexibility index (Phi) is 3.97. The lowest BCUT2D eigenvalue weighted by Gasteiger charge is -2.09. The Balaban J connectivity index is 2.44. The van der Waals surface area contributed by atoms with E-state index in [1.54, 1.807) is 0 Å². The summed E-state index contributed by atoms with van der Waals surface area (Å²) in [4.78, 5) is 0. The molecular weight excluding hydrogens is 252 g/mol. The second kappa shape index (κ2) is 6.23. The van der Waals surface area contributed by atoms with Gasteiger partial charge in [0.15, 0.2) is 0 Å². The van der Waals surface area contributed by atoms with Crippen molar-refractivity contribution in [3.63, 3.8) is 0 Å².